The van der Waals surface area contributed by atoms with Crippen molar-refractivity contribution >= 4 is 10.0 Å². The fourth-order valence-corrected chi connectivity index (χ4v) is 7.60. The normalized spacial score (nSPS) is 44.9. The maximum Gasteiger partial charge on any atom is 0.215 e. The molecule has 2 N–H and O–H groups in total. The zero-order valence-electron chi connectivity index (χ0n) is 12.1. The number of nitrogens with one attached hydrogen (secondary N) is 2. The summed E-state index contributed by atoms with van der Waals surface area (Å²) in [5, 5.41) is 3.08. The molecule has 1 heterocycles. The smallest absolute Gasteiger partial charge is 0.215 e. The van der Waals surface area contributed by atoms with Gasteiger partial charge in [-0.3, -0.25) is 0 Å². The molecule has 0 atom stereocenters. The van der Waals surface area contributed by atoms with Crippen LogP contribution in [0.3, 0.4) is 0 Å². The van der Waals surface area contributed by atoms with E-state index in [1.807, 2.05) is 0 Å². The Hall–Kier alpha value is -0.130. The van der Waals surface area contributed by atoms with Crippen LogP contribution in [0.5, 0.6) is 0 Å². The second-order valence-electron chi connectivity index (χ2n) is 7.79. The Kier molecular flexibility index (Phi) is 3.17. The second kappa shape index (κ2) is 4.68. The van der Waals surface area contributed by atoms with E-state index in [9.17, 15) is 8.42 Å². The van der Waals surface area contributed by atoms with Crippen molar-refractivity contribution in [2.24, 2.45) is 17.8 Å². The molecule has 1 aliphatic heterocycles. The van der Waals surface area contributed by atoms with E-state index in [2.05, 4.69) is 10.0 Å². The second-order valence-corrected chi connectivity index (χ2v) is 9.76. The molecule has 5 heteroatoms. The predicted molar refractivity (Wildman–Crippen MR) is 78.9 cm³/mol. The third kappa shape index (κ3) is 2.32. The minimum absolute atomic E-state index is 0.0710. The van der Waals surface area contributed by atoms with Gasteiger partial charge < -0.3 is 5.32 Å². The standard InChI is InChI=1S/C15H26N2O2S/c18-20(19,14-1-3-16-4-2-14)17-15-8-11-5-12(9-15)7-13(6-11)10-15/h11-14,16-17H,1-10H2. The van der Waals surface area contributed by atoms with Crippen LogP contribution in [0.15, 0.2) is 0 Å². The van der Waals surface area contributed by atoms with Crippen molar-refractivity contribution in [2.45, 2.75) is 62.2 Å². The van der Waals surface area contributed by atoms with Gasteiger partial charge in [-0.05, 0) is 82.2 Å². The molecule has 0 amide bonds. The van der Waals surface area contributed by atoms with Crippen molar-refractivity contribution in [3.05, 3.63) is 0 Å². The number of hydrogen-bond acceptors (Lipinski definition) is 3. The number of hydrogen-bond donors (Lipinski definition) is 2. The minimum Gasteiger partial charge on any atom is -0.317 e. The summed E-state index contributed by atoms with van der Waals surface area (Å²) in [5.41, 5.74) is -0.0710. The molecule has 114 valence electrons. The molecule has 0 spiro atoms. The van der Waals surface area contributed by atoms with Crippen LogP contribution in [-0.2, 0) is 10.0 Å². The lowest BCUT2D eigenvalue weighted by atomic mass is 9.53. The van der Waals surface area contributed by atoms with E-state index in [1.165, 1.54) is 19.3 Å². The van der Waals surface area contributed by atoms with E-state index in [1.54, 1.807) is 0 Å². The monoisotopic (exact) mass is 298 g/mol. The Bertz CT molecular complexity index is 447. The molecule has 5 rings (SSSR count). The van der Waals surface area contributed by atoms with E-state index in [0.717, 1.165) is 62.9 Å². The van der Waals surface area contributed by atoms with Gasteiger partial charge in [0, 0.05) is 5.54 Å². The summed E-state index contributed by atoms with van der Waals surface area (Å²) in [7, 11) is -3.14. The molecule has 0 aromatic carbocycles. The fourth-order valence-electron chi connectivity index (χ4n) is 5.73. The summed E-state index contributed by atoms with van der Waals surface area (Å²) in [6, 6.07) is 0. The van der Waals surface area contributed by atoms with Crippen LogP contribution >= 0.6 is 0 Å². The zero-order chi connectivity index (χ0) is 13.8. The Labute approximate surface area is 122 Å². The highest BCUT2D eigenvalue weighted by Gasteiger charge is 2.52. The highest BCUT2D eigenvalue weighted by molar-refractivity contribution is 7.90. The first kappa shape index (κ1) is 13.5. The maximum atomic E-state index is 12.7. The molecule has 1 saturated heterocycles. The molecule has 0 unspecified atom stereocenters. The molecule has 5 fully saturated rings. The van der Waals surface area contributed by atoms with Crippen LogP contribution in [0.1, 0.15) is 51.4 Å². The van der Waals surface area contributed by atoms with Crippen molar-refractivity contribution in [1.82, 2.24) is 10.0 Å². The first-order valence-electron chi connectivity index (χ1n) is 8.28. The van der Waals surface area contributed by atoms with Crippen LogP contribution in [0.25, 0.3) is 0 Å². The summed E-state index contributed by atoms with van der Waals surface area (Å²) in [6.45, 7) is 1.68. The Morgan fingerprint density at radius 3 is 1.90 bits per heavy atom. The summed E-state index contributed by atoms with van der Waals surface area (Å²) < 4.78 is 28.7. The molecule has 0 aromatic rings. The summed E-state index contributed by atoms with van der Waals surface area (Å²) in [4.78, 5) is 0. The zero-order valence-corrected chi connectivity index (χ0v) is 12.9. The van der Waals surface area contributed by atoms with Gasteiger partial charge in [-0.25, -0.2) is 13.1 Å². The van der Waals surface area contributed by atoms with Crippen molar-refractivity contribution in [2.75, 3.05) is 13.1 Å². The molecule has 0 aromatic heterocycles. The average Bonchev–Trinajstić information content (AvgIpc) is 2.36. The largest absolute Gasteiger partial charge is 0.317 e. The van der Waals surface area contributed by atoms with Gasteiger partial charge in [-0.2, -0.15) is 0 Å². The molecule has 4 aliphatic carbocycles. The molecule has 4 bridgehead atoms. The molecular formula is C15H26N2O2S. The van der Waals surface area contributed by atoms with Gasteiger partial charge in [0.2, 0.25) is 10.0 Å². The lowest BCUT2D eigenvalue weighted by Gasteiger charge is -2.56. The van der Waals surface area contributed by atoms with Gasteiger partial charge >= 0.3 is 0 Å². The third-order valence-electron chi connectivity index (χ3n) is 6.12. The number of piperidine rings is 1. The van der Waals surface area contributed by atoms with Crippen LogP contribution < -0.4 is 10.0 Å². The molecule has 4 saturated carbocycles. The molecule has 5 aliphatic rings. The van der Waals surface area contributed by atoms with Gasteiger partial charge in [0.05, 0.1) is 5.25 Å². The van der Waals surface area contributed by atoms with Gasteiger partial charge in [-0.15, -0.1) is 0 Å². The van der Waals surface area contributed by atoms with Crippen LogP contribution in [-0.4, -0.2) is 32.3 Å². The maximum absolute atomic E-state index is 12.7. The molecular weight excluding hydrogens is 272 g/mol. The Morgan fingerprint density at radius 2 is 1.40 bits per heavy atom. The van der Waals surface area contributed by atoms with E-state index in [0.29, 0.717) is 0 Å². The van der Waals surface area contributed by atoms with Gasteiger partial charge in [0.25, 0.3) is 0 Å². The fraction of sp³-hybridized carbons (Fsp3) is 1.00. The SMILES string of the molecule is O=S(=O)(NC12CC3CC(CC(C3)C1)C2)C1CCNCC1. The Morgan fingerprint density at radius 1 is 0.900 bits per heavy atom. The van der Waals surface area contributed by atoms with Gasteiger partial charge in [-0.1, -0.05) is 0 Å². The first-order valence-corrected chi connectivity index (χ1v) is 9.83. The quantitative estimate of drug-likeness (QED) is 0.832. The summed E-state index contributed by atoms with van der Waals surface area (Å²) >= 11 is 0. The van der Waals surface area contributed by atoms with Crippen molar-refractivity contribution in [1.29, 1.82) is 0 Å². The minimum atomic E-state index is -3.14. The molecule has 0 radical (unpaired) electrons. The highest BCUT2D eigenvalue weighted by atomic mass is 32.2. The number of sulfonamides is 1. The van der Waals surface area contributed by atoms with E-state index in [4.69, 9.17) is 0 Å². The summed E-state index contributed by atoms with van der Waals surface area (Å²) in [6.07, 6.45) is 8.90. The predicted octanol–water partition coefficient (Wildman–Crippen LogP) is 1.63. The van der Waals surface area contributed by atoms with E-state index < -0.39 is 10.0 Å². The molecule has 20 heavy (non-hydrogen) atoms. The van der Waals surface area contributed by atoms with E-state index >= 15 is 0 Å². The molecule has 4 nitrogen and oxygen atoms in total. The van der Waals surface area contributed by atoms with Gasteiger partial charge in [0.15, 0.2) is 0 Å². The van der Waals surface area contributed by atoms with Crippen LogP contribution in [0.4, 0.5) is 0 Å². The lowest BCUT2D eigenvalue weighted by molar-refractivity contribution is -0.00826. The van der Waals surface area contributed by atoms with Crippen molar-refractivity contribution < 1.29 is 8.42 Å². The summed E-state index contributed by atoms with van der Waals surface area (Å²) in [5.74, 6) is 2.37. The number of rotatable bonds is 3. The third-order valence-corrected chi connectivity index (χ3v) is 8.19. The average molecular weight is 298 g/mol. The van der Waals surface area contributed by atoms with Crippen LogP contribution in [0, 0.1) is 17.8 Å². The van der Waals surface area contributed by atoms with Crippen molar-refractivity contribution in [3.63, 3.8) is 0 Å². The Balaban J connectivity index is 1.53. The van der Waals surface area contributed by atoms with Gasteiger partial charge in [0.1, 0.15) is 0 Å². The highest BCUT2D eigenvalue weighted by Crippen LogP contribution is 2.55. The first-order chi connectivity index (χ1) is 9.55. The van der Waals surface area contributed by atoms with Crippen LogP contribution in [0.2, 0.25) is 0 Å². The van der Waals surface area contributed by atoms with E-state index in [-0.39, 0.29) is 10.8 Å². The topological polar surface area (TPSA) is 58.2 Å². The van der Waals surface area contributed by atoms with Crippen molar-refractivity contribution in [3.8, 4) is 0 Å². The lowest BCUT2D eigenvalue weighted by Crippen LogP contribution is -2.61.